The summed E-state index contributed by atoms with van der Waals surface area (Å²) in [6, 6.07) is 5.74. The lowest BCUT2D eigenvalue weighted by Crippen LogP contribution is -2.60. The van der Waals surface area contributed by atoms with Crippen molar-refractivity contribution in [3.05, 3.63) is 24.4 Å². The smallest absolute Gasteiger partial charge is 0.222 e. The number of rotatable bonds is 5. The number of hydrogen-bond donors (Lipinski definition) is 0. The second-order valence-electron chi connectivity index (χ2n) is 6.79. The zero-order valence-electron chi connectivity index (χ0n) is 13.3. The molecule has 0 bridgehead atoms. The van der Waals surface area contributed by atoms with E-state index < -0.39 is 0 Å². The number of likely N-dealkylation sites (tertiary alicyclic amines) is 1. The van der Waals surface area contributed by atoms with Gasteiger partial charge in [0.15, 0.2) is 0 Å². The summed E-state index contributed by atoms with van der Waals surface area (Å²) in [4.78, 5) is 18.4. The molecule has 1 aromatic heterocycles. The first-order valence-electron chi connectivity index (χ1n) is 8.06. The van der Waals surface area contributed by atoms with Crippen LogP contribution in [-0.2, 0) is 4.79 Å². The maximum Gasteiger partial charge on any atom is 0.222 e. The van der Waals surface area contributed by atoms with Crippen molar-refractivity contribution in [2.45, 2.75) is 44.0 Å². The number of nitrogens with zero attached hydrogens (tertiary/aromatic N) is 2. The average Bonchev–Trinajstić information content (AvgIpc) is 2.88. The van der Waals surface area contributed by atoms with Gasteiger partial charge in [0.05, 0.1) is 4.75 Å². The van der Waals surface area contributed by atoms with Crippen LogP contribution in [0.2, 0.25) is 0 Å². The SMILES string of the molecule is CC(C)CCC(=O)N1CC2(C[C@@H](Oc3ccccn3)CS2)C1. The molecule has 3 rings (SSSR count). The van der Waals surface area contributed by atoms with Crippen molar-refractivity contribution in [1.29, 1.82) is 0 Å². The fraction of sp³-hybridized carbons (Fsp3) is 0.647. The first-order valence-corrected chi connectivity index (χ1v) is 9.04. The molecule has 2 aliphatic rings. The maximum absolute atomic E-state index is 12.1. The highest BCUT2D eigenvalue weighted by molar-refractivity contribution is 8.01. The first kappa shape index (κ1) is 15.7. The largest absolute Gasteiger partial charge is 0.473 e. The molecule has 2 aliphatic heterocycles. The number of carbonyl (C=O) groups is 1. The summed E-state index contributed by atoms with van der Waals surface area (Å²) in [5.74, 6) is 2.60. The molecule has 5 heteroatoms. The number of carbonyl (C=O) groups excluding carboxylic acids is 1. The lowest BCUT2D eigenvalue weighted by Gasteiger charge is -2.47. The fourth-order valence-electron chi connectivity index (χ4n) is 3.08. The molecule has 3 heterocycles. The van der Waals surface area contributed by atoms with E-state index in [1.807, 2.05) is 34.9 Å². The van der Waals surface area contributed by atoms with Gasteiger partial charge in [-0.3, -0.25) is 4.79 Å². The molecule has 2 saturated heterocycles. The fourth-order valence-corrected chi connectivity index (χ4v) is 4.61. The monoisotopic (exact) mass is 320 g/mol. The van der Waals surface area contributed by atoms with Crippen LogP contribution >= 0.6 is 11.8 Å². The molecule has 0 aromatic carbocycles. The molecule has 1 amide bonds. The highest BCUT2D eigenvalue weighted by Gasteiger charge is 2.51. The Labute approximate surface area is 136 Å². The van der Waals surface area contributed by atoms with Crippen molar-refractivity contribution in [1.82, 2.24) is 9.88 Å². The lowest BCUT2D eigenvalue weighted by atomic mass is 9.92. The minimum atomic E-state index is 0.216. The van der Waals surface area contributed by atoms with Crippen LogP contribution in [0.4, 0.5) is 0 Å². The number of amides is 1. The van der Waals surface area contributed by atoms with Gasteiger partial charge in [-0.25, -0.2) is 4.98 Å². The Hall–Kier alpha value is -1.23. The quantitative estimate of drug-likeness (QED) is 0.836. The number of hydrogen-bond acceptors (Lipinski definition) is 4. The Kier molecular flexibility index (Phi) is 4.62. The molecule has 120 valence electrons. The van der Waals surface area contributed by atoms with E-state index in [0.717, 1.165) is 31.7 Å². The third kappa shape index (κ3) is 3.57. The number of aromatic nitrogens is 1. The zero-order chi connectivity index (χ0) is 15.6. The predicted molar refractivity (Wildman–Crippen MR) is 89.1 cm³/mol. The van der Waals surface area contributed by atoms with Crippen molar-refractivity contribution >= 4 is 17.7 Å². The van der Waals surface area contributed by atoms with Crippen molar-refractivity contribution in [3.8, 4) is 5.88 Å². The van der Waals surface area contributed by atoms with Gasteiger partial charge in [0.1, 0.15) is 6.10 Å². The third-order valence-electron chi connectivity index (χ3n) is 4.35. The molecule has 22 heavy (non-hydrogen) atoms. The molecule has 0 radical (unpaired) electrons. The molecular formula is C17H24N2O2S. The van der Waals surface area contributed by atoms with Crippen LogP contribution in [0.15, 0.2) is 24.4 Å². The van der Waals surface area contributed by atoms with E-state index in [-0.39, 0.29) is 10.9 Å². The van der Waals surface area contributed by atoms with Crippen LogP contribution in [-0.4, -0.2) is 45.5 Å². The molecule has 0 saturated carbocycles. The summed E-state index contributed by atoms with van der Waals surface area (Å²) in [5.41, 5.74) is 0. The Bertz CT molecular complexity index is 515. The maximum atomic E-state index is 12.1. The summed E-state index contributed by atoms with van der Waals surface area (Å²) in [5, 5.41) is 0. The van der Waals surface area contributed by atoms with Crippen LogP contribution in [0.1, 0.15) is 33.1 Å². The molecule has 0 unspecified atom stereocenters. The topological polar surface area (TPSA) is 42.4 Å². The molecule has 1 aromatic rings. The van der Waals surface area contributed by atoms with E-state index in [1.165, 1.54) is 0 Å². The van der Waals surface area contributed by atoms with Crippen LogP contribution in [0.5, 0.6) is 5.88 Å². The van der Waals surface area contributed by atoms with Crippen LogP contribution in [0.25, 0.3) is 0 Å². The van der Waals surface area contributed by atoms with Gasteiger partial charge in [-0.2, -0.15) is 0 Å². The van der Waals surface area contributed by atoms with Crippen molar-refractivity contribution < 1.29 is 9.53 Å². The summed E-state index contributed by atoms with van der Waals surface area (Å²) < 4.78 is 6.17. The van der Waals surface area contributed by atoms with Crippen LogP contribution < -0.4 is 4.74 Å². The van der Waals surface area contributed by atoms with Crippen molar-refractivity contribution in [3.63, 3.8) is 0 Å². The van der Waals surface area contributed by atoms with Crippen LogP contribution in [0.3, 0.4) is 0 Å². The zero-order valence-corrected chi connectivity index (χ0v) is 14.1. The molecule has 0 aliphatic carbocycles. The molecule has 0 N–H and O–H groups in total. The van der Waals surface area contributed by atoms with E-state index in [1.54, 1.807) is 6.20 Å². The molecule has 2 fully saturated rings. The van der Waals surface area contributed by atoms with E-state index in [0.29, 0.717) is 24.1 Å². The van der Waals surface area contributed by atoms with Gasteiger partial charge in [0, 0.05) is 43.9 Å². The summed E-state index contributed by atoms with van der Waals surface area (Å²) in [6.45, 7) is 6.10. The Balaban J connectivity index is 1.45. The molecule has 1 atom stereocenters. The van der Waals surface area contributed by atoms with Gasteiger partial charge in [-0.05, 0) is 18.4 Å². The second kappa shape index (κ2) is 6.49. The standard InChI is InChI=1S/C17H24N2O2S/c1-13(2)6-7-16(20)19-11-17(12-19)9-14(10-22-17)21-15-5-3-4-8-18-15/h3-5,8,13-14H,6-7,9-12H2,1-2H3/t14-/m1/s1. The Morgan fingerprint density at radius 1 is 1.50 bits per heavy atom. The number of ether oxygens (including phenoxy) is 1. The van der Waals surface area contributed by atoms with Crippen molar-refractivity contribution in [2.75, 3.05) is 18.8 Å². The van der Waals surface area contributed by atoms with Crippen LogP contribution in [0, 0.1) is 5.92 Å². The predicted octanol–water partition coefficient (Wildman–Crippen LogP) is 2.98. The van der Waals surface area contributed by atoms with Gasteiger partial charge in [-0.1, -0.05) is 19.9 Å². The van der Waals surface area contributed by atoms with E-state index in [2.05, 4.69) is 18.8 Å². The minimum Gasteiger partial charge on any atom is -0.473 e. The second-order valence-corrected chi connectivity index (χ2v) is 8.28. The Morgan fingerprint density at radius 3 is 3.00 bits per heavy atom. The van der Waals surface area contributed by atoms with Gasteiger partial charge >= 0.3 is 0 Å². The highest BCUT2D eigenvalue weighted by Crippen LogP contribution is 2.46. The highest BCUT2D eigenvalue weighted by atomic mass is 32.2. The van der Waals surface area contributed by atoms with Gasteiger partial charge in [0.25, 0.3) is 0 Å². The Morgan fingerprint density at radius 2 is 2.32 bits per heavy atom. The van der Waals surface area contributed by atoms with Gasteiger partial charge in [-0.15, -0.1) is 11.8 Å². The lowest BCUT2D eigenvalue weighted by molar-refractivity contribution is -0.136. The van der Waals surface area contributed by atoms with Gasteiger partial charge < -0.3 is 9.64 Å². The van der Waals surface area contributed by atoms with E-state index >= 15 is 0 Å². The average molecular weight is 320 g/mol. The molecular weight excluding hydrogens is 296 g/mol. The summed E-state index contributed by atoms with van der Waals surface area (Å²) in [7, 11) is 0. The number of thioether (sulfide) groups is 1. The van der Waals surface area contributed by atoms with Gasteiger partial charge in [0.2, 0.25) is 11.8 Å². The first-order chi connectivity index (χ1) is 10.6. The van der Waals surface area contributed by atoms with E-state index in [4.69, 9.17) is 4.74 Å². The summed E-state index contributed by atoms with van der Waals surface area (Å²) >= 11 is 1.96. The minimum absolute atomic E-state index is 0.216. The molecule has 4 nitrogen and oxygen atoms in total. The number of pyridine rings is 1. The third-order valence-corrected chi connectivity index (χ3v) is 5.92. The molecule has 1 spiro atoms. The van der Waals surface area contributed by atoms with E-state index in [9.17, 15) is 4.79 Å². The van der Waals surface area contributed by atoms with Crippen molar-refractivity contribution in [2.24, 2.45) is 5.92 Å². The summed E-state index contributed by atoms with van der Waals surface area (Å²) in [6.07, 6.45) is 4.66. The normalized spacial score (nSPS) is 22.9.